The minimum Gasteiger partial charge on any atom is -0.467 e. The molecule has 0 spiro atoms. The fourth-order valence-electron chi connectivity index (χ4n) is 2.28. The highest BCUT2D eigenvalue weighted by atomic mass is 28.4. The highest BCUT2D eigenvalue weighted by molar-refractivity contribution is 6.72. The summed E-state index contributed by atoms with van der Waals surface area (Å²) in [4.78, 5) is 22.2. The second-order valence-corrected chi connectivity index (χ2v) is 9.39. The summed E-state index contributed by atoms with van der Waals surface area (Å²) in [6.07, 6.45) is 1.32. The minimum absolute atomic E-state index is 0.294. The number of carbonyl (C=O) groups excluding carboxylic acids is 1. The maximum absolute atomic E-state index is 11.8. The monoisotopic (exact) mass is 274 g/mol. The third-order valence-corrected chi connectivity index (χ3v) is 5.12. The molecule has 2 atom stereocenters. The van der Waals surface area contributed by atoms with Gasteiger partial charge in [-0.15, -0.1) is 0 Å². The zero-order valence-electron chi connectivity index (χ0n) is 12.5. The second-order valence-electron chi connectivity index (χ2n) is 5.47. The van der Waals surface area contributed by atoms with E-state index in [0.717, 1.165) is 5.57 Å². The first-order chi connectivity index (χ1) is 8.15. The van der Waals surface area contributed by atoms with E-state index in [-0.39, 0.29) is 5.54 Å². The van der Waals surface area contributed by atoms with Gasteiger partial charge in [-0.1, -0.05) is 25.5 Å². The lowest BCUT2D eigenvalue weighted by molar-refractivity contribution is -0.152. The number of hydrogen-bond acceptors (Lipinski definition) is 4. The van der Waals surface area contributed by atoms with Gasteiger partial charge in [0.2, 0.25) is 0 Å². The van der Waals surface area contributed by atoms with E-state index in [4.69, 9.17) is 9.47 Å². The summed E-state index contributed by atoms with van der Waals surface area (Å²) in [6, 6.07) is 0. The van der Waals surface area contributed by atoms with Gasteiger partial charge >= 0.3 is 5.97 Å². The Labute approximate surface area is 111 Å². The Morgan fingerprint density at radius 3 is 2.06 bits per heavy atom. The van der Waals surface area contributed by atoms with Crippen molar-refractivity contribution in [3.63, 3.8) is 0 Å². The first-order valence-corrected chi connectivity index (χ1v) is 9.18. The van der Waals surface area contributed by atoms with Crippen LogP contribution in [0.2, 0.25) is 18.6 Å². The van der Waals surface area contributed by atoms with Crippen molar-refractivity contribution in [2.24, 2.45) is 5.92 Å². The molecule has 0 heterocycles. The molecule has 0 aliphatic carbocycles. The summed E-state index contributed by atoms with van der Waals surface area (Å²) in [5.74, 6) is -0.0763. The molecule has 5 heteroatoms. The van der Waals surface area contributed by atoms with E-state index in [2.05, 4.69) is 19.9 Å². The van der Waals surface area contributed by atoms with Crippen molar-refractivity contribution in [1.82, 2.24) is 0 Å². The van der Waals surface area contributed by atoms with Gasteiger partial charge in [-0.3, -0.25) is 0 Å². The lowest BCUT2D eigenvalue weighted by Gasteiger charge is -2.33. The molecule has 0 rings (SSSR count). The van der Waals surface area contributed by atoms with Crippen LogP contribution in [0, 0.1) is 5.92 Å². The Kier molecular flexibility index (Phi) is 6.81. The highest BCUT2D eigenvalue weighted by Crippen LogP contribution is 2.34. The summed E-state index contributed by atoms with van der Waals surface area (Å²) in [6.45, 7) is 9.68. The average Bonchev–Trinajstić information content (AvgIpc) is 2.21. The van der Waals surface area contributed by atoms with Crippen LogP contribution in [-0.4, -0.2) is 39.4 Å². The highest BCUT2D eigenvalue weighted by Gasteiger charge is 2.42. The molecule has 1 N–H and O–H groups in total. The molecular formula is C13H26O4Si. The van der Waals surface area contributed by atoms with Gasteiger partial charge in [0.05, 0.1) is 7.11 Å². The molecule has 0 aromatic heterocycles. The molecule has 0 amide bonds. The molecule has 0 aliphatic heterocycles. The summed E-state index contributed by atoms with van der Waals surface area (Å²) >= 11 is 0. The van der Waals surface area contributed by atoms with Crippen LogP contribution in [0.4, 0.5) is 0 Å². The quantitative estimate of drug-likeness (QED) is 0.459. The van der Waals surface area contributed by atoms with Crippen LogP contribution in [0.5, 0.6) is 0 Å². The van der Waals surface area contributed by atoms with Gasteiger partial charge in [0.25, 0.3) is 0 Å². The lowest BCUT2D eigenvalue weighted by Crippen LogP contribution is -2.44. The largest absolute Gasteiger partial charge is 0.467 e. The predicted octanol–water partition coefficient (Wildman–Crippen LogP) is 2.34. The molecule has 0 aromatic rings. The normalized spacial score (nSPS) is 16.6. The predicted molar refractivity (Wildman–Crippen MR) is 74.9 cm³/mol. The Balaban J connectivity index is 5.42. The smallest absolute Gasteiger partial charge is 0.335 e. The lowest BCUT2D eigenvalue weighted by atomic mass is 10.0. The van der Waals surface area contributed by atoms with Crippen molar-refractivity contribution in [2.75, 3.05) is 14.2 Å². The molecule has 0 radical (unpaired) electrons. The second kappa shape index (κ2) is 7.06. The van der Waals surface area contributed by atoms with Crippen LogP contribution >= 0.6 is 0 Å². The molecular weight excluding hydrogens is 248 g/mol. The molecule has 0 saturated heterocycles. The Morgan fingerprint density at radius 1 is 1.28 bits per heavy atom. The molecule has 0 bridgehead atoms. The summed E-state index contributed by atoms with van der Waals surface area (Å²) in [5, 5.41) is 0. The molecule has 0 aromatic carbocycles. The average molecular weight is 274 g/mol. The standard InChI is InChI=1S/C13H26O4Si/c1-9(2)8-10(3)12(18(6,7)15)11(16-4)13(14)17-5/h8-9,11-12,15H,1-7H3/b10-8+/t11-,12-/m1/s1. The third kappa shape index (κ3) is 4.92. The van der Waals surface area contributed by atoms with Gasteiger partial charge in [0.15, 0.2) is 14.4 Å². The SMILES string of the molecule is COC(=O)[C@H](OC)[C@@H](/C(C)=C/C(C)C)[Si](C)(C)O. The molecule has 0 unspecified atom stereocenters. The zero-order valence-corrected chi connectivity index (χ0v) is 13.5. The number of hydrogen-bond donors (Lipinski definition) is 1. The van der Waals surface area contributed by atoms with Crippen molar-refractivity contribution in [1.29, 1.82) is 0 Å². The molecule has 18 heavy (non-hydrogen) atoms. The van der Waals surface area contributed by atoms with Crippen molar-refractivity contribution >= 4 is 14.3 Å². The van der Waals surface area contributed by atoms with Gasteiger partial charge < -0.3 is 14.3 Å². The minimum atomic E-state index is -2.57. The van der Waals surface area contributed by atoms with Crippen molar-refractivity contribution in [3.8, 4) is 0 Å². The number of esters is 1. The van der Waals surface area contributed by atoms with E-state index in [9.17, 15) is 9.59 Å². The Bertz CT molecular complexity index is 305. The molecule has 4 nitrogen and oxygen atoms in total. The topological polar surface area (TPSA) is 55.8 Å². The molecule has 0 fully saturated rings. The van der Waals surface area contributed by atoms with Crippen LogP contribution < -0.4 is 0 Å². The Hall–Kier alpha value is -0.653. The van der Waals surface area contributed by atoms with Crippen LogP contribution in [0.3, 0.4) is 0 Å². The van der Waals surface area contributed by atoms with E-state index >= 15 is 0 Å². The van der Waals surface area contributed by atoms with E-state index in [1.807, 2.05) is 20.0 Å². The number of methoxy groups -OCH3 is 2. The molecule has 106 valence electrons. The van der Waals surface area contributed by atoms with E-state index in [0.29, 0.717) is 5.92 Å². The van der Waals surface area contributed by atoms with Gasteiger partial charge in [-0.25, -0.2) is 4.79 Å². The number of rotatable bonds is 6. The van der Waals surface area contributed by atoms with Crippen molar-refractivity contribution < 1.29 is 19.1 Å². The number of ether oxygens (including phenoxy) is 2. The summed E-state index contributed by atoms with van der Waals surface area (Å²) < 4.78 is 10.0. The van der Waals surface area contributed by atoms with Gasteiger partial charge in [-0.2, -0.15) is 0 Å². The third-order valence-electron chi connectivity index (χ3n) is 2.84. The first-order valence-electron chi connectivity index (χ1n) is 6.16. The summed E-state index contributed by atoms with van der Waals surface area (Å²) in [7, 11) is 0.228. The van der Waals surface area contributed by atoms with E-state index < -0.39 is 20.4 Å². The maximum atomic E-state index is 11.8. The van der Waals surface area contributed by atoms with Crippen LogP contribution in [-0.2, 0) is 14.3 Å². The molecule has 0 aliphatic rings. The van der Waals surface area contributed by atoms with Gasteiger partial charge in [0, 0.05) is 12.7 Å². The number of allylic oxidation sites excluding steroid dienone is 1. The van der Waals surface area contributed by atoms with Gasteiger partial charge in [0.1, 0.15) is 0 Å². The maximum Gasteiger partial charge on any atom is 0.335 e. The molecule has 0 saturated carbocycles. The van der Waals surface area contributed by atoms with Crippen molar-refractivity contribution in [2.45, 2.75) is 45.5 Å². The zero-order chi connectivity index (χ0) is 14.5. The fourth-order valence-corrected chi connectivity index (χ4v) is 4.50. The fraction of sp³-hybridized carbons (Fsp3) is 0.769. The Morgan fingerprint density at radius 2 is 1.78 bits per heavy atom. The summed E-state index contributed by atoms with van der Waals surface area (Å²) in [5.41, 5.74) is 0.693. The van der Waals surface area contributed by atoms with E-state index in [1.165, 1.54) is 14.2 Å². The van der Waals surface area contributed by atoms with Gasteiger partial charge in [-0.05, 0) is 25.9 Å². The first kappa shape index (κ1) is 17.3. The number of carbonyl (C=O) groups is 1. The van der Waals surface area contributed by atoms with Crippen LogP contribution in [0.25, 0.3) is 0 Å². The van der Waals surface area contributed by atoms with Crippen LogP contribution in [0.15, 0.2) is 11.6 Å². The van der Waals surface area contributed by atoms with Crippen molar-refractivity contribution in [3.05, 3.63) is 11.6 Å². The van der Waals surface area contributed by atoms with E-state index in [1.54, 1.807) is 0 Å². The van der Waals surface area contributed by atoms with Crippen LogP contribution in [0.1, 0.15) is 20.8 Å².